The minimum Gasteiger partial charge on any atom is -0.377 e. The first-order valence-electron chi connectivity index (χ1n) is 10.2. The average Bonchev–Trinajstić information content (AvgIpc) is 3.33. The second kappa shape index (κ2) is 8.75. The van der Waals surface area contributed by atoms with Gasteiger partial charge in [-0.1, -0.05) is 30.3 Å². The standard InChI is InChI=1S/C21H29N5O2/c1-17-14-20(26(23-17)15-18-6-3-2-4-7-18)22-21(27)25-11-9-24(10-12-25)16-19-8-5-13-28-19/h2-4,6-7,14,19H,5,8-13,15-16H2,1H3,(H,22,27)/t19-/m0/s1. The Labute approximate surface area is 166 Å². The Hall–Kier alpha value is -2.38. The highest BCUT2D eigenvalue weighted by molar-refractivity contribution is 5.88. The Kier molecular flexibility index (Phi) is 5.92. The van der Waals surface area contributed by atoms with Crippen molar-refractivity contribution in [3.8, 4) is 0 Å². The van der Waals surface area contributed by atoms with Crippen LogP contribution in [0.5, 0.6) is 0 Å². The van der Waals surface area contributed by atoms with Crippen molar-refractivity contribution in [3.05, 3.63) is 47.7 Å². The number of rotatable bonds is 5. The quantitative estimate of drug-likeness (QED) is 0.862. The number of carbonyl (C=O) groups excluding carboxylic acids is 1. The molecule has 2 saturated heterocycles. The van der Waals surface area contributed by atoms with E-state index in [1.54, 1.807) is 0 Å². The highest BCUT2D eigenvalue weighted by atomic mass is 16.5. The normalized spacial score (nSPS) is 20.5. The zero-order chi connectivity index (χ0) is 19.3. The van der Waals surface area contributed by atoms with Gasteiger partial charge in [-0.05, 0) is 25.3 Å². The Morgan fingerprint density at radius 2 is 2.00 bits per heavy atom. The molecule has 150 valence electrons. The first-order valence-corrected chi connectivity index (χ1v) is 10.2. The van der Waals surface area contributed by atoms with Gasteiger partial charge in [0.1, 0.15) is 5.82 Å². The van der Waals surface area contributed by atoms with E-state index in [2.05, 4.69) is 27.4 Å². The number of aromatic nitrogens is 2. The summed E-state index contributed by atoms with van der Waals surface area (Å²) in [4.78, 5) is 17.1. The molecule has 28 heavy (non-hydrogen) atoms. The van der Waals surface area contributed by atoms with E-state index in [0.717, 1.165) is 62.8 Å². The molecule has 1 aromatic heterocycles. The number of carbonyl (C=O) groups is 1. The molecule has 0 saturated carbocycles. The van der Waals surface area contributed by atoms with Crippen LogP contribution in [-0.2, 0) is 11.3 Å². The molecule has 2 aromatic rings. The van der Waals surface area contributed by atoms with Crippen LogP contribution >= 0.6 is 0 Å². The van der Waals surface area contributed by atoms with Gasteiger partial charge in [-0.15, -0.1) is 0 Å². The van der Waals surface area contributed by atoms with E-state index in [4.69, 9.17) is 4.74 Å². The monoisotopic (exact) mass is 383 g/mol. The van der Waals surface area contributed by atoms with E-state index >= 15 is 0 Å². The van der Waals surface area contributed by atoms with Gasteiger partial charge in [0.05, 0.1) is 18.3 Å². The van der Waals surface area contributed by atoms with Crippen molar-refractivity contribution in [2.75, 3.05) is 44.6 Å². The summed E-state index contributed by atoms with van der Waals surface area (Å²) in [7, 11) is 0. The van der Waals surface area contributed by atoms with Crippen molar-refractivity contribution in [2.45, 2.75) is 32.4 Å². The predicted molar refractivity (Wildman–Crippen MR) is 109 cm³/mol. The fraction of sp³-hybridized carbons (Fsp3) is 0.524. The minimum atomic E-state index is -0.0500. The fourth-order valence-corrected chi connectivity index (χ4v) is 3.92. The van der Waals surface area contributed by atoms with Crippen molar-refractivity contribution < 1.29 is 9.53 Å². The van der Waals surface area contributed by atoms with Crippen LogP contribution in [0.4, 0.5) is 10.6 Å². The number of hydrogen-bond donors (Lipinski definition) is 1. The van der Waals surface area contributed by atoms with Crippen LogP contribution in [0.15, 0.2) is 36.4 Å². The molecule has 7 heteroatoms. The molecule has 2 fully saturated rings. The summed E-state index contributed by atoms with van der Waals surface area (Å²) in [6, 6.07) is 12.0. The van der Waals surface area contributed by atoms with E-state index in [-0.39, 0.29) is 6.03 Å². The highest BCUT2D eigenvalue weighted by Gasteiger charge is 2.25. The topological polar surface area (TPSA) is 62.6 Å². The molecule has 1 atom stereocenters. The summed E-state index contributed by atoms with van der Waals surface area (Å²) in [5.41, 5.74) is 2.05. The molecule has 0 unspecified atom stereocenters. The molecule has 2 aliphatic heterocycles. The van der Waals surface area contributed by atoms with Crippen LogP contribution in [0.3, 0.4) is 0 Å². The lowest BCUT2D eigenvalue weighted by Gasteiger charge is -2.35. The van der Waals surface area contributed by atoms with Gasteiger partial charge >= 0.3 is 6.03 Å². The van der Waals surface area contributed by atoms with Crippen LogP contribution in [0, 0.1) is 6.92 Å². The van der Waals surface area contributed by atoms with E-state index in [1.165, 1.54) is 6.42 Å². The number of piperazine rings is 1. The van der Waals surface area contributed by atoms with Crippen LogP contribution in [0.1, 0.15) is 24.1 Å². The molecule has 1 N–H and O–H groups in total. The summed E-state index contributed by atoms with van der Waals surface area (Å²) in [6.45, 7) is 7.74. The van der Waals surface area contributed by atoms with Crippen molar-refractivity contribution in [3.63, 3.8) is 0 Å². The number of nitrogens with one attached hydrogen (secondary N) is 1. The van der Waals surface area contributed by atoms with Crippen LogP contribution in [0.25, 0.3) is 0 Å². The second-order valence-corrected chi connectivity index (χ2v) is 7.67. The third-order valence-corrected chi connectivity index (χ3v) is 5.46. The molecule has 4 rings (SSSR count). The SMILES string of the molecule is Cc1cc(NC(=O)N2CCN(C[C@@H]3CCCO3)CC2)n(Cc2ccccc2)n1. The van der Waals surface area contributed by atoms with Crippen LogP contribution in [0.2, 0.25) is 0 Å². The summed E-state index contributed by atoms with van der Waals surface area (Å²) < 4.78 is 7.59. The number of hydrogen-bond acceptors (Lipinski definition) is 4. The lowest BCUT2D eigenvalue weighted by Crippen LogP contribution is -2.51. The van der Waals surface area contributed by atoms with Crippen molar-refractivity contribution in [1.82, 2.24) is 19.6 Å². The van der Waals surface area contributed by atoms with Gasteiger partial charge in [0.2, 0.25) is 0 Å². The molecule has 3 heterocycles. The second-order valence-electron chi connectivity index (χ2n) is 7.67. The maximum absolute atomic E-state index is 12.8. The summed E-state index contributed by atoms with van der Waals surface area (Å²) in [5, 5.41) is 7.59. The van der Waals surface area contributed by atoms with Gasteiger partial charge in [0.15, 0.2) is 0 Å². The number of aryl methyl sites for hydroxylation is 1. The number of anilines is 1. The largest absolute Gasteiger partial charge is 0.377 e. The van der Waals surface area contributed by atoms with Crippen LogP contribution < -0.4 is 5.32 Å². The Morgan fingerprint density at radius 1 is 1.21 bits per heavy atom. The smallest absolute Gasteiger partial charge is 0.323 e. The fourth-order valence-electron chi connectivity index (χ4n) is 3.92. The van der Waals surface area contributed by atoms with Gasteiger partial charge in [0, 0.05) is 45.4 Å². The molecular formula is C21H29N5O2. The van der Waals surface area contributed by atoms with E-state index in [1.807, 2.05) is 40.8 Å². The van der Waals surface area contributed by atoms with Gasteiger partial charge in [-0.3, -0.25) is 10.2 Å². The molecule has 0 spiro atoms. The first-order chi connectivity index (χ1) is 13.7. The molecule has 0 aliphatic carbocycles. The zero-order valence-corrected chi connectivity index (χ0v) is 16.5. The number of ether oxygens (including phenoxy) is 1. The molecule has 2 amide bonds. The van der Waals surface area contributed by atoms with Crippen LogP contribution in [-0.4, -0.2) is 71.0 Å². The average molecular weight is 383 g/mol. The third kappa shape index (κ3) is 4.72. The molecule has 0 radical (unpaired) electrons. The highest BCUT2D eigenvalue weighted by Crippen LogP contribution is 2.16. The lowest BCUT2D eigenvalue weighted by molar-refractivity contribution is 0.0571. The Bertz CT molecular complexity index is 777. The van der Waals surface area contributed by atoms with E-state index < -0.39 is 0 Å². The summed E-state index contributed by atoms with van der Waals surface area (Å²) >= 11 is 0. The molecule has 2 aliphatic rings. The van der Waals surface area contributed by atoms with Gasteiger partial charge in [-0.2, -0.15) is 5.10 Å². The molecule has 1 aromatic carbocycles. The minimum absolute atomic E-state index is 0.0500. The summed E-state index contributed by atoms with van der Waals surface area (Å²) in [5.74, 6) is 0.744. The van der Waals surface area contributed by atoms with Crippen molar-refractivity contribution in [2.24, 2.45) is 0 Å². The lowest BCUT2D eigenvalue weighted by atomic mass is 10.2. The van der Waals surface area contributed by atoms with Crippen molar-refractivity contribution >= 4 is 11.8 Å². The Balaban J connectivity index is 1.31. The summed E-state index contributed by atoms with van der Waals surface area (Å²) in [6.07, 6.45) is 2.70. The maximum Gasteiger partial charge on any atom is 0.323 e. The molecular weight excluding hydrogens is 354 g/mol. The molecule has 0 bridgehead atoms. The maximum atomic E-state index is 12.8. The van der Waals surface area contributed by atoms with E-state index in [9.17, 15) is 4.79 Å². The van der Waals surface area contributed by atoms with E-state index in [0.29, 0.717) is 12.6 Å². The third-order valence-electron chi connectivity index (χ3n) is 5.46. The van der Waals surface area contributed by atoms with Gasteiger partial charge in [0.25, 0.3) is 0 Å². The van der Waals surface area contributed by atoms with Gasteiger partial charge < -0.3 is 9.64 Å². The van der Waals surface area contributed by atoms with Gasteiger partial charge in [-0.25, -0.2) is 9.48 Å². The Morgan fingerprint density at radius 3 is 2.71 bits per heavy atom. The predicted octanol–water partition coefficient (Wildman–Crippen LogP) is 2.57. The number of amides is 2. The zero-order valence-electron chi connectivity index (χ0n) is 16.5. The number of benzene rings is 1. The van der Waals surface area contributed by atoms with Crippen molar-refractivity contribution in [1.29, 1.82) is 0 Å². The number of urea groups is 1. The first kappa shape index (κ1) is 19.0. The number of nitrogens with zero attached hydrogens (tertiary/aromatic N) is 4. The molecule has 7 nitrogen and oxygen atoms in total.